The average Bonchev–Trinajstić information content (AvgIpc) is 3.85. The van der Waals surface area contributed by atoms with Crippen LogP contribution in [0.4, 0.5) is 19.6 Å². The molecule has 2 aromatic carbocycles. The molecule has 4 aliphatic heterocycles. The molecule has 0 saturated carbocycles. The molecule has 3 aromatic rings. The van der Waals surface area contributed by atoms with Gasteiger partial charge in [0.2, 0.25) is 17.6 Å². The Morgan fingerprint density at radius 2 is 1.62 bits per heavy atom. The predicted octanol–water partition coefficient (Wildman–Crippen LogP) is 5.30. The predicted molar refractivity (Wildman–Crippen MR) is 204 cm³/mol. The summed E-state index contributed by atoms with van der Waals surface area (Å²) in [6.45, 7) is 10.0. The van der Waals surface area contributed by atoms with Crippen LogP contribution in [0.2, 0.25) is 0 Å². The van der Waals surface area contributed by atoms with Gasteiger partial charge in [0, 0.05) is 49.2 Å². The minimum Gasteiger partial charge on any atom is -0.480 e. The van der Waals surface area contributed by atoms with E-state index >= 15 is 4.39 Å². The van der Waals surface area contributed by atoms with Gasteiger partial charge in [0.1, 0.15) is 6.04 Å². The number of anilines is 2. The fourth-order valence-electron chi connectivity index (χ4n) is 7.48. The Morgan fingerprint density at radius 1 is 0.946 bits per heavy atom. The molecule has 3 saturated heterocycles. The van der Waals surface area contributed by atoms with Crippen LogP contribution in [0.25, 0.3) is 11.3 Å². The number of ether oxygens (including phenoxy) is 2. The maximum Gasteiger partial charge on any atom is 0.262 e. The van der Waals surface area contributed by atoms with Gasteiger partial charge < -0.3 is 25.0 Å². The largest absolute Gasteiger partial charge is 0.480 e. The Labute approximate surface area is 327 Å². The Morgan fingerprint density at radius 3 is 2.34 bits per heavy atom. The highest BCUT2D eigenvalue weighted by Crippen LogP contribution is 2.38. The fraction of sp³-hybridized carbons (Fsp3) is 0.500. The minimum absolute atomic E-state index is 0.0495. The SMILES string of the molecule is CC(C)(CCC(C)(C)CNc1ccc2c(c1)C(=O)N(C1CCC(=O)NC1=O)C2=O)CNC(=O)COc1c(-c2csc(N3CC4CCC(C3)O4)n2)ccc(F)c1F. The van der Waals surface area contributed by atoms with E-state index in [1.54, 1.807) is 23.6 Å². The lowest BCUT2D eigenvalue weighted by molar-refractivity contribution is -0.136. The number of piperidine rings is 1. The average molecular weight is 793 g/mol. The van der Waals surface area contributed by atoms with Crippen LogP contribution in [0.3, 0.4) is 0 Å². The molecule has 2 bridgehead atoms. The van der Waals surface area contributed by atoms with Crippen LogP contribution in [-0.2, 0) is 19.1 Å². The zero-order valence-electron chi connectivity index (χ0n) is 31.8. The summed E-state index contributed by atoms with van der Waals surface area (Å²) in [6.07, 6.45) is 4.01. The molecular formula is C40H46F2N6O7S. The van der Waals surface area contributed by atoms with E-state index in [9.17, 15) is 28.4 Å². The van der Waals surface area contributed by atoms with Crippen LogP contribution in [0, 0.1) is 22.5 Å². The Kier molecular flexibility index (Phi) is 10.9. The van der Waals surface area contributed by atoms with Crippen molar-refractivity contribution in [2.45, 2.75) is 84.5 Å². The molecule has 4 aliphatic rings. The maximum absolute atomic E-state index is 15.1. The van der Waals surface area contributed by atoms with E-state index in [4.69, 9.17) is 14.5 Å². The number of hydrogen-bond acceptors (Lipinski definition) is 11. The summed E-state index contributed by atoms with van der Waals surface area (Å²) >= 11 is 1.41. The number of benzene rings is 2. The smallest absolute Gasteiger partial charge is 0.262 e. The molecule has 3 atom stereocenters. The number of hydrogen-bond donors (Lipinski definition) is 3. The van der Waals surface area contributed by atoms with Crippen LogP contribution >= 0.6 is 11.3 Å². The van der Waals surface area contributed by atoms with Crippen molar-refractivity contribution >= 4 is 51.7 Å². The van der Waals surface area contributed by atoms with Crippen molar-refractivity contribution in [1.82, 2.24) is 20.5 Å². The molecule has 0 aliphatic carbocycles. The molecule has 3 unspecified atom stereocenters. The first-order valence-electron chi connectivity index (χ1n) is 18.9. The van der Waals surface area contributed by atoms with Crippen molar-refractivity contribution in [3.05, 3.63) is 58.5 Å². The number of halogens is 2. The number of thiazole rings is 1. The van der Waals surface area contributed by atoms with E-state index < -0.39 is 53.8 Å². The second-order valence-corrected chi connectivity index (χ2v) is 17.4. The van der Waals surface area contributed by atoms with Crippen molar-refractivity contribution in [2.24, 2.45) is 10.8 Å². The fourth-order valence-corrected chi connectivity index (χ4v) is 8.33. The van der Waals surface area contributed by atoms with Gasteiger partial charge in [-0.05, 0) is 73.3 Å². The molecule has 0 spiro atoms. The molecule has 3 N–H and O–H groups in total. The molecule has 16 heteroatoms. The number of imide groups is 2. The van der Waals surface area contributed by atoms with Crippen LogP contribution in [0.15, 0.2) is 35.7 Å². The highest BCUT2D eigenvalue weighted by Gasteiger charge is 2.45. The van der Waals surface area contributed by atoms with Gasteiger partial charge >= 0.3 is 0 Å². The third-order valence-corrected chi connectivity index (χ3v) is 11.8. The molecule has 298 valence electrons. The number of rotatable bonds is 14. The number of morpholine rings is 1. The zero-order valence-corrected chi connectivity index (χ0v) is 32.7. The third-order valence-electron chi connectivity index (χ3n) is 10.9. The first kappa shape index (κ1) is 39.3. The molecule has 0 radical (unpaired) electrons. The molecular weight excluding hydrogens is 747 g/mol. The van der Waals surface area contributed by atoms with Crippen LogP contribution in [-0.4, -0.2) is 90.5 Å². The van der Waals surface area contributed by atoms with Crippen molar-refractivity contribution in [2.75, 3.05) is 43.0 Å². The number of aromatic nitrogens is 1. The van der Waals surface area contributed by atoms with Gasteiger partial charge in [0.05, 0.1) is 29.0 Å². The number of carbonyl (C=O) groups is 5. The van der Waals surface area contributed by atoms with Crippen molar-refractivity contribution < 1.29 is 42.2 Å². The highest BCUT2D eigenvalue weighted by molar-refractivity contribution is 7.14. The second kappa shape index (κ2) is 15.5. The number of nitrogens with zero attached hydrogens (tertiary/aromatic N) is 3. The molecule has 1 aromatic heterocycles. The lowest BCUT2D eigenvalue weighted by atomic mass is 9.79. The normalized spacial score (nSPS) is 21.0. The van der Waals surface area contributed by atoms with Crippen molar-refractivity contribution in [1.29, 1.82) is 0 Å². The molecule has 56 heavy (non-hydrogen) atoms. The van der Waals surface area contributed by atoms with Gasteiger partial charge in [-0.25, -0.2) is 9.37 Å². The van der Waals surface area contributed by atoms with Gasteiger partial charge in [-0.1, -0.05) is 27.7 Å². The summed E-state index contributed by atoms with van der Waals surface area (Å²) in [4.78, 5) is 71.0. The Bertz CT molecular complexity index is 2060. The molecule has 7 rings (SSSR count). The zero-order chi connectivity index (χ0) is 39.9. The lowest BCUT2D eigenvalue weighted by Gasteiger charge is -2.32. The van der Waals surface area contributed by atoms with E-state index in [1.165, 1.54) is 17.4 Å². The number of carbonyl (C=O) groups excluding carboxylic acids is 5. The summed E-state index contributed by atoms with van der Waals surface area (Å²) in [5.74, 6) is -5.31. The monoisotopic (exact) mass is 792 g/mol. The molecule has 3 fully saturated rings. The summed E-state index contributed by atoms with van der Waals surface area (Å²) in [6, 6.07) is 6.31. The lowest BCUT2D eigenvalue weighted by Crippen LogP contribution is -2.54. The standard InChI is InChI=1S/C40H46F2N6O7S/c1-39(2,20-43-22-5-8-25-27(15-22)37(53)48(36(25)52)30-11-12-31(49)46-35(30)51)13-14-40(3,4)21-44-32(50)18-54-34-26(9-10-28(41)33(34)42)29-19-56-38(45-29)47-16-23-6-7-24(17-47)55-23/h5,8-10,15,19,23-24,30,43H,6-7,11-14,16-18,20-21H2,1-4H3,(H,44,50)(H,46,49,51). The van der Waals surface area contributed by atoms with Gasteiger partial charge in [0.15, 0.2) is 23.3 Å². The van der Waals surface area contributed by atoms with Gasteiger partial charge in [-0.2, -0.15) is 4.39 Å². The summed E-state index contributed by atoms with van der Waals surface area (Å²) in [7, 11) is 0. The summed E-state index contributed by atoms with van der Waals surface area (Å²) in [5.41, 5.74) is 1.22. The van der Waals surface area contributed by atoms with Crippen molar-refractivity contribution in [3.8, 4) is 17.0 Å². The highest BCUT2D eigenvalue weighted by atomic mass is 32.1. The number of nitrogens with one attached hydrogen (secondary N) is 3. The van der Waals surface area contributed by atoms with E-state index in [0.29, 0.717) is 24.5 Å². The first-order chi connectivity index (χ1) is 26.6. The molecule has 5 heterocycles. The quantitative estimate of drug-likeness (QED) is 0.183. The van der Waals surface area contributed by atoms with Crippen LogP contribution < -0.4 is 25.6 Å². The van der Waals surface area contributed by atoms with Gasteiger partial charge in [-0.15, -0.1) is 11.3 Å². The third kappa shape index (κ3) is 8.41. The van der Waals surface area contributed by atoms with E-state index in [-0.39, 0.29) is 58.3 Å². The van der Waals surface area contributed by atoms with Crippen LogP contribution in [0.1, 0.15) is 86.9 Å². The van der Waals surface area contributed by atoms with Crippen LogP contribution in [0.5, 0.6) is 5.75 Å². The number of amides is 5. The van der Waals surface area contributed by atoms with E-state index in [2.05, 4.69) is 34.7 Å². The van der Waals surface area contributed by atoms with Gasteiger partial charge in [-0.3, -0.25) is 34.2 Å². The van der Waals surface area contributed by atoms with E-state index in [1.807, 2.05) is 13.8 Å². The minimum atomic E-state index is -1.18. The molecule has 13 nitrogen and oxygen atoms in total. The van der Waals surface area contributed by atoms with Crippen molar-refractivity contribution in [3.63, 3.8) is 0 Å². The second-order valence-electron chi connectivity index (χ2n) is 16.6. The summed E-state index contributed by atoms with van der Waals surface area (Å²) in [5, 5.41) is 11.0. The Balaban J connectivity index is 0.889. The first-order valence-corrected chi connectivity index (χ1v) is 19.8. The van der Waals surface area contributed by atoms with Gasteiger partial charge in [0.25, 0.3) is 17.7 Å². The summed E-state index contributed by atoms with van der Waals surface area (Å²) < 4.78 is 41.0. The number of fused-ring (bicyclic) bond motifs is 3. The Hall–Kier alpha value is -4.96. The topological polar surface area (TPSA) is 159 Å². The maximum atomic E-state index is 15.1. The van der Waals surface area contributed by atoms with E-state index in [0.717, 1.165) is 54.9 Å². The molecule has 5 amide bonds.